The first-order valence-corrected chi connectivity index (χ1v) is 8.75. The zero-order valence-electron chi connectivity index (χ0n) is 15.3. The van der Waals surface area contributed by atoms with Gasteiger partial charge in [0.1, 0.15) is 5.10 Å². The predicted octanol–water partition coefficient (Wildman–Crippen LogP) is 2.12. The molecule has 26 heavy (non-hydrogen) atoms. The van der Waals surface area contributed by atoms with Crippen molar-refractivity contribution in [3.05, 3.63) is 45.5 Å². The number of ether oxygens (including phenoxy) is 1. The lowest BCUT2D eigenvalue weighted by Gasteiger charge is -2.22. The molecule has 0 aliphatic carbocycles. The van der Waals surface area contributed by atoms with Gasteiger partial charge in [0.25, 0.3) is 11.9 Å². The molecule has 1 unspecified atom stereocenters. The van der Waals surface area contributed by atoms with Crippen LogP contribution in [0, 0.1) is 23.0 Å². The molecule has 2 aliphatic rings. The van der Waals surface area contributed by atoms with Crippen molar-refractivity contribution in [2.45, 2.75) is 32.8 Å². The summed E-state index contributed by atoms with van der Waals surface area (Å²) in [5.41, 5.74) is 1.29. The smallest absolute Gasteiger partial charge is 0.281 e. The first-order valence-electron chi connectivity index (χ1n) is 8.75. The van der Waals surface area contributed by atoms with E-state index in [0.717, 1.165) is 12.0 Å². The van der Waals surface area contributed by atoms with E-state index in [0.29, 0.717) is 31.8 Å². The minimum Gasteiger partial charge on any atom is -0.375 e. The maximum atomic E-state index is 12.8. The molecule has 1 aromatic carbocycles. The molecule has 2 aliphatic heterocycles. The Morgan fingerprint density at radius 2 is 2.19 bits per heavy atom. The van der Waals surface area contributed by atoms with Crippen molar-refractivity contribution in [2.75, 3.05) is 26.2 Å². The molecule has 2 heterocycles. The van der Waals surface area contributed by atoms with Gasteiger partial charge in [0, 0.05) is 31.1 Å². The van der Waals surface area contributed by atoms with Crippen LogP contribution in [0.1, 0.15) is 36.2 Å². The largest absolute Gasteiger partial charge is 0.375 e. The van der Waals surface area contributed by atoms with E-state index in [2.05, 4.69) is 5.10 Å². The molecule has 3 rings (SSSR count). The summed E-state index contributed by atoms with van der Waals surface area (Å²) in [5.74, 6) is 0.113. The highest BCUT2D eigenvalue weighted by Gasteiger charge is 2.39. The Balaban J connectivity index is 1.79. The lowest BCUT2D eigenvalue weighted by Crippen LogP contribution is -2.40. The summed E-state index contributed by atoms with van der Waals surface area (Å²) in [6.45, 7) is 8.10. The van der Waals surface area contributed by atoms with Crippen molar-refractivity contribution in [1.29, 1.82) is 0 Å². The maximum Gasteiger partial charge on any atom is 0.281 e. The second-order valence-electron chi connectivity index (χ2n) is 7.55. The van der Waals surface area contributed by atoms with Gasteiger partial charge in [-0.15, -0.1) is 0 Å². The molecule has 0 saturated carbocycles. The molecule has 0 spiro atoms. The first-order chi connectivity index (χ1) is 12.2. The van der Waals surface area contributed by atoms with Gasteiger partial charge >= 0.3 is 0 Å². The van der Waals surface area contributed by atoms with Gasteiger partial charge in [-0.1, -0.05) is 17.7 Å². The average molecular weight is 360 g/mol. The van der Waals surface area contributed by atoms with Gasteiger partial charge in [-0.25, -0.2) is 10.1 Å². The zero-order valence-corrected chi connectivity index (χ0v) is 15.3. The Morgan fingerprint density at radius 3 is 2.81 bits per heavy atom. The molecule has 140 valence electrons. The topological polar surface area (TPSA) is 88.3 Å². The Kier molecular flexibility index (Phi) is 4.95. The molecule has 1 aromatic rings. The van der Waals surface area contributed by atoms with Crippen molar-refractivity contribution >= 4 is 11.9 Å². The number of carbonyl (C=O) groups is 1. The summed E-state index contributed by atoms with van der Waals surface area (Å²) < 4.78 is 5.76. The van der Waals surface area contributed by atoms with Crippen LogP contribution in [0.15, 0.2) is 29.4 Å². The number of rotatable bonds is 4. The monoisotopic (exact) mass is 360 g/mol. The van der Waals surface area contributed by atoms with Crippen molar-refractivity contribution in [3.8, 4) is 0 Å². The number of guanidine groups is 1. The van der Waals surface area contributed by atoms with Gasteiger partial charge in [0.2, 0.25) is 0 Å². The van der Waals surface area contributed by atoms with Crippen LogP contribution in [0.25, 0.3) is 0 Å². The third-order valence-electron chi connectivity index (χ3n) is 4.77. The van der Waals surface area contributed by atoms with Crippen LogP contribution >= 0.6 is 0 Å². The Hall–Kier alpha value is -2.48. The summed E-state index contributed by atoms with van der Waals surface area (Å²) in [5, 5.41) is 13.8. The number of hydrogen-bond acceptors (Lipinski definition) is 4. The molecule has 2 saturated heterocycles. The van der Waals surface area contributed by atoms with Gasteiger partial charge in [0.05, 0.1) is 12.2 Å². The standard InChI is InChI=1S/C18H24N4O4/c1-13-5-4-6-15(9-13)16(23)21-8-7-20(17(21)19-22(24)25)11-14-10-18(2,3)26-12-14/h4-6,9,14H,7-8,10-12H2,1-3H3. The fourth-order valence-electron chi connectivity index (χ4n) is 3.67. The van der Waals surface area contributed by atoms with Crippen molar-refractivity contribution in [3.63, 3.8) is 0 Å². The quantitative estimate of drug-likeness (QED) is 0.606. The molecular weight excluding hydrogens is 336 g/mol. The Labute approximate surface area is 152 Å². The van der Waals surface area contributed by atoms with E-state index in [1.54, 1.807) is 18.2 Å². The van der Waals surface area contributed by atoms with Crippen LogP contribution in [0.3, 0.4) is 0 Å². The third-order valence-corrected chi connectivity index (χ3v) is 4.77. The van der Waals surface area contributed by atoms with Gasteiger partial charge in [-0.05, 0) is 39.3 Å². The number of aryl methyl sites for hydroxylation is 1. The minimum absolute atomic E-state index is 0.117. The predicted molar refractivity (Wildman–Crippen MR) is 96.4 cm³/mol. The summed E-state index contributed by atoms with van der Waals surface area (Å²) in [4.78, 5) is 27.1. The van der Waals surface area contributed by atoms with E-state index in [9.17, 15) is 14.9 Å². The number of benzene rings is 1. The average Bonchev–Trinajstić information content (AvgIpc) is 3.10. The Bertz CT molecular complexity index is 746. The second-order valence-corrected chi connectivity index (χ2v) is 7.55. The normalized spacial score (nSPS) is 23.7. The highest BCUT2D eigenvalue weighted by Crippen LogP contribution is 2.30. The van der Waals surface area contributed by atoms with Gasteiger partial charge < -0.3 is 9.64 Å². The summed E-state index contributed by atoms with van der Waals surface area (Å²) in [7, 11) is 0. The molecule has 0 N–H and O–H groups in total. The molecular formula is C18H24N4O4. The van der Waals surface area contributed by atoms with Crippen LogP contribution in [0.5, 0.6) is 0 Å². The first kappa shape index (κ1) is 18.3. The van der Waals surface area contributed by atoms with Crippen LogP contribution in [0.4, 0.5) is 0 Å². The molecule has 1 atom stereocenters. The minimum atomic E-state index is -0.737. The van der Waals surface area contributed by atoms with Crippen LogP contribution < -0.4 is 0 Å². The molecule has 2 fully saturated rings. The Morgan fingerprint density at radius 1 is 1.42 bits per heavy atom. The number of nitro groups is 1. The van der Waals surface area contributed by atoms with Crippen LogP contribution in [-0.2, 0) is 4.74 Å². The summed E-state index contributed by atoms with van der Waals surface area (Å²) in [6.07, 6.45) is 0.876. The maximum absolute atomic E-state index is 12.8. The van der Waals surface area contributed by atoms with E-state index in [4.69, 9.17) is 4.74 Å². The number of nitrogens with zero attached hydrogens (tertiary/aromatic N) is 4. The molecule has 0 aromatic heterocycles. The fraction of sp³-hybridized carbons (Fsp3) is 0.556. The van der Waals surface area contributed by atoms with Crippen LogP contribution in [0.2, 0.25) is 0 Å². The molecule has 0 radical (unpaired) electrons. The fourth-order valence-corrected chi connectivity index (χ4v) is 3.67. The van der Waals surface area contributed by atoms with Gasteiger partial charge in [-0.3, -0.25) is 9.69 Å². The number of hydrazone groups is 1. The van der Waals surface area contributed by atoms with Gasteiger partial charge in [0.15, 0.2) is 5.03 Å². The van der Waals surface area contributed by atoms with Crippen molar-refractivity contribution < 1.29 is 14.6 Å². The van der Waals surface area contributed by atoms with Crippen molar-refractivity contribution in [2.24, 2.45) is 11.0 Å². The summed E-state index contributed by atoms with van der Waals surface area (Å²) in [6, 6.07) is 7.21. The van der Waals surface area contributed by atoms with E-state index >= 15 is 0 Å². The van der Waals surface area contributed by atoms with E-state index in [1.165, 1.54) is 4.90 Å². The highest BCUT2D eigenvalue weighted by atomic mass is 16.7. The third kappa shape index (κ3) is 4.01. The van der Waals surface area contributed by atoms with Crippen molar-refractivity contribution in [1.82, 2.24) is 9.80 Å². The highest BCUT2D eigenvalue weighted by molar-refractivity contribution is 6.06. The van der Waals surface area contributed by atoms with Gasteiger partial charge in [-0.2, -0.15) is 0 Å². The zero-order chi connectivity index (χ0) is 18.9. The molecule has 0 bridgehead atoms. The van der Waals surface area contributed by atoms with Crippen LogP contribution in [-0.4, -0.2) is 58.5 Å². The lowest BCUT2D eigenvalue weighted by atomic mass is 9.97. The lowest BCUT2D eigenvalue weighted by molar-refractivity contribution is -0.486. The number of carbonyl (C=O) groups excluding carboxylic acids is 1. The van der Waals surface area contributed by atoms with E-state index < -0.39 is 5.03 Å². The number of hydrogen-bond donors (Lipinski definition) is 0. The molecule has 8 nitrogen and oxygen atoms in total. The van der Waals surface area contributed by atoms with E-state index in [-0.39, 0.29) is 23.4 Å². The molecule has 1 amide bonds. The van der Waals surface area contributed by atoms with E-state index in [1.807, 2.05) is 31.7 Å². The number of amides is 1. The molecule has 8 heteroatoms. The SMILES string of the molecule is Cc1cccc(C(=O)N2CCN(CC3COC(C)(C)C3)C2=N[N+](=O)[O-])c1. The summed E-state index contributed by atoms with van der Waals surface area (Å²) >= 11 is 0. The second kappa shape index (κ2) is 7.03.